The Hall–Kier alpha value is -1.92. The SMILES string of the molecule is CCCNC(=O)Cn1nnc(C(=O)O)c1C(C)C. The Balaban J connectivity index is 2.89. The summed E-state index contributed by atoms with van der Waals surface area (Å²) in [5, 5.41) is 19.0. The maximum Gasteiger partial charge on any atom is 0.358 e. The molecule has 2 N–H and O–H groups in total. The number of carbonyl (C=O) groups excluding carboxylic acids is 1. The number of carboxylic acid groups (broad SMARTS) is 1. The number of nitrogens with one attached hydrogen (secondary N) is 1. The molecule has 0 aromatic carbocycles. The van der Waals surface area contributed by atoms with Crippen molar-refractivity contribution in [3.05, 3.63) is 11.4 Å². The van der Waals surface area contributed by atoms with Crippen LogP contribution in [0.3, 0.4) is 0 Å². The lowest BCUT2D eigenvalue weighted by Crippen LogP contribution is -2.29. The summed E-state index contributed by atoms with van der Waals surface area (Å²) >= 11 is 0. The van der Waals surface area contributed by atoms with Gasteiger partial charge in [-0.15, -0.1) is 5.10 Å². The molecule has 7 nitrogen and oxygen atoms in total. The lowest BCUT2D eigenvalue weighted by atomic mass is 10.1. The summed E-state index contributed by atoms with van der Waals surface area (Å²) < 4.78 is 1.35. The highest BCUT2D eigenvalue weighted by Gasteiger charge is 2.22. The van der Waals surface area contributed by atoms with Crippen LogP contribution in [0.2, 0.25) is 0 Å². The molecule has 0 saturated carbocycles. The summed E-state index contributed by atoms with van der Waals surface area (Å²) in [7, 11) is 0. The molecule has 0 fully saturated rings. The first-order valence-corrected chi connectivity index (χ1v) is 5.90. The molecular weight excluding hydrogens is 236 g/mol. The van der Waals surface area contributed by atoms with Gasteiger partial charge in [-0.2, -0.15) is 0 Å². The Bertz CT molecular complexity index is 439. The standard InChI is InChI=1S/C11H18N4O3/c1-4-5-12-8(16)6-15-10(7(2)3)9(11(17)18)13-14-15/h7H,4-6H2,1-3H3,(H,12,16)(H,17,18). The molecule has 1 aromatic rings. The van der Waals surface area contributed by atoms with Crippen LogP contribution in [0.15, 0.2) is 0 Å². The first kappa shape index (κ1) is 14.1. The summed E-state index contributed by atoms with van der Waals surface area (Å²) in [5.41, 5.74) is 0.377. The maximum atomic E-state index is 11.6. The van der Waals surface area contributed by atoms with Crippen molar-refractivity contribution in [1.82, 2.24) is 20.3 Å². The highest BCUT2D eigenvalue weighted by atomic mass is 16.4. The van der Waals surface area contributed by atoms with Gasteiger partial charge >= 0.3 is 5.97 Å². The van der Waals surface area contributed by atoms with Gasteiger partial charge in [0.05, 0.1) is 5.69 Å². The summed E-state index contributed by atoms with van der Waals surface area (Å²) in [6.45, 7) is 6.22. The van der Waals surface area contributed by atoms with Crippen molar-refractivity contribution in [2.45, 2.75) is 39.7 Å². The molecule has 1 rings (SSSR count). The van der Waals surface area contributed by atoms with Crippen LogP contribution in [0, 0.1) is 0 Å². The van der Waals surface area contributed by atoms with Crippen LogP contribution in [0.4, 0.5) is 0 Å². The third-order valence-corrected chi connectivity index (χ3v) is 2.39. The van der Waals surface area contributed by atoms with Crippen LogP contribution in [-0.2, 0) is 11.3 Å². The number of amides is 1. The quantitative estimate of drug-likeness (QED) is 0.775. The monoisotopic (exact) mass is 254 g/mol. The van der Waals surface area contributed by atoms with Crippen LogP contribution in [0.1, 0.15) is 49.3 Å². The van der Waals surface area contributed by atoms with E-state index in [0.29, 0.717) is 12.2 Å². The molecule has 100 valence electrons. The molecule has 1 heterocycles. The van der Waals surface area contributed by atoms with E-state index in [2.05, 4.69) is 15.6 Å². The molecule has 0 unspecified atom stereocenters. The largest absolute Gasteiger partial charge is 0.476 e. The van der Waals surface area contributed by atoms with E-state index >= 15 is 0 Å². The van der Waals surface area contributed by atoms with Crippen molar-refractivity contribution in [2.75, 3.05) is 6.54 Å². The minimum atomic E-state index is -1.13. The molecule has 0 atom stereocenters. The third-order valence-electron chi connectivity index (χ3n) is 2.39. The molecule has 0 aliphatic heterocycles. The van der Waals surface area contributed by atoms with E-state index in [1.54, 1.807) is 0 Å². The van der Waals surface area contributed by atoms with Gasteiger partial charge in [0.1, 0.15) is 6.54 Å². The maximum absolute atomic E-state index is 11.6. The minimum Gasteiger partial charge on any atom is -0.476 e. The highest BCUT2D eigenvalue weighted by molar-refractivity contribution is 5.86. The van der Waals surface area contributed by atoms with Crippen LogP contribution in [0.5, 0.6) is 0 Å². The van der Waals surface area contributed by atoms with Gasteiger partial charge in [-0.3, -0.25) is 4.79 Å². The topological polar surface area (TPSA) is 97.1 Å². The summed E-state index contributed by atoms with van der Waals surface area (Å²) in [6.07, 6.45) is 0.848. The Morgan fingerprint density at radius 3 is 2.61 bits per heavy atom. The van der Waals surface area contributed by atoms with E-state index in [-0.39, 0.29) is 24.1 Å². The zero-order valence-corrected chi connectivity index (χ0v) is 10.8. The van der Waals surface area contributed by atoms with Crippen molar-refractivity contribution in [1.29, 1.82) is 0 Å². The molecule has 1 aromatic heterocycles. The lowest BCUT2D eigenvalue weighted by Gasteiger charge is -2.09. The van der Waals surface area contributed by atoms with E-state index in [1.165, 1.54) is 4.68 Å². The van der Waals surface area contributed by atoms with E-state index in [9.17, 15) is 9.59 Å². The van der Waals surface area contributed by atoms with Gasteiger partial charge in [0.15, 0.2) is 5.69 Å². The minimum absolute atomic E-state index is 0.00616. The van der Waals surface area contributed by atoms with E-state index < -0.39 is 5.97 Å². The Labute approximate surface area is 105 Å². The molecule has 0 radical (unpaired) electrons. The summed E-state index contributed by atoms with van der Waals surface area (Å²) in [6, 6.07) is 0. The number of carboxylic acids is 1. The molecule has 0 saturated heterocycles. The molecule has 1 amide bonds. The van der Waals surface area contributed by atoms with Crippen molar-refractivity contribution in [3.63, 3.8) is 0 Å². The number of carbonyl (C=O) groups is 2. The van der Waals surface area contributed by atoms with Crippen LogP contribution < -0.4 is 5.32 Å². The molecule has 18 heavy (non-hydrogen) atoms. The number of hydrogen-bond donors (Lipinski definition) is 2. The predicted molar refractivity (Wildman–Crippen MR) is 64.4 cm³/mol. The fraction of sp³-hybridized carbons (Fsp3) is 0.636. The second-order valence-corrected chi connectivity index (χ2v) is 4.29. The Kier molecular flexibility index (Phi) is 4.82. The molecule has 0 spiro atoms. The van der Waals surface area contributed by atoms with Crippen molar-refractivity contribution < 1.29 is 14.7 Å². The summed E-state index contributed by atoms with van der Waals surface area (Å²) in [5.74, 6) is -1.38. The van der Waals surface area contributed by atoms with Crippen molar-refractivity contribution in [3.8, 4) is 0 Å². The molecular formula is C11H18N4O3. The van der Waals surface area contributed by atoms with Gasteiger partial charge in [-0.05, 0) is 12.3 Å². The lowest BCUT2D eigenvalue weighted by molar-refractivity contribution is -0.121. The Morgan fingerprint density at radius 1 is 1.44 bits per heavy atom. The van der Waals surface area contributed by atoms with Gasteiger partial charge in [0, 0.05) is 6.54 Å². The zero-order chi connectivity index (χ0) is 13.7. The average Bonchev–Trinajstić information content (AvgIpc) is 2.70. The van der Waals surface area contributed by atoms with Gasteiger partial charge in [0.25, 0.3) is 0 Å². The fourth-order valence-corrected chi connectivity index (χ4v) is 1.62. The normalized spacial score (nSPS) is 10.7. The van der Waals surface area contributed by atoms with Crippen molar-refractivity contribution >= 4 is 11.9 Å². The highest BCUT2D eigenvalue weighted by Crippen LogP contribution is 2.17. The average molecular weight is 254 g/mol. The van der Waals surface area contributed by atoms with E-state index in [1.807, 2.05) is 20.8 Å². The van der Waals surface area contributed by atoms with Gasteiger partial charge in [-0.1, -0.05) is 26.0 Å². The van der Waals surface area contributed by atoms with Crippen LogP contribution in [-0.4, -0.2) is 38.5 Å². The number of nitrogens with zero attached hydrogens (tertiary/aromatic N) is 3. The number of aromatic carboxylic acids is 1. The molecule has 0 bridgehead atoms. The van der Waals surface area contributed by atoms with Crippen LogP contribution >= 0.6 is 0 Å². The second kappa shape index (κ2) is 6.13. The number of rotatable bonds is 6. The zero-order valence-electron chi connectivity index (χ0n) is 10.8. The van der Waals surface area contributed by atoms with E-state index in [0.717, 1.165) is 6.42 Å². The number of hydrogen-bond acceptors (Lipinski definition) is 4. The molecule has 0 aliphatic rings. The summed E-state index contributed by atoms with van der Waals surface area (Å²) in [4.78, 5) is 22.6. The second-order valence-electron chi connectivity index (χ2n) is 4.29. The number of aromatic nitrogens is 3. The first-order valence-electron chi connectivity index (χ1n) is 5.90. The molecule has 0 aliphatic carbocycles. The van der Waals surface area contributed by atoms with E-state index in [4.69, 9.17) is 5.11 Å². The van der Waals surface area contributed by atoms with Gasteiger partial charge in [-0.25, -0.2) is 9.48 Å². The van der Waals surface area contributed by atoms with Crippen molar-refractivity contribution in [2.24, 2.45) is 0 Å². The predicted octanol–water partition coefficient (Wildman–Crippen LogP) is 0.626. The van der Waals surface area contributed by atoms with Crippen LogP contribution in [0.25, 0.3) is 0 Å². The third kappa shape index (κ3) is 3.28. The Morgan fingerprint density at radius 2 is 2.11 bits per heavy atom. The van der Waals surface area contributed by atoms with Gasteiger partial charge < -0.3 is 10.4 Å². The van der Waals surface area contributed by atoms with Gasteiger partial charge in [0.2, 0.25) is 5.91 Å². The smallest absolute Gasteiger partial charge is 0.358 e. The molecule has 7 heteroatoms. The first-order chi connectivity index (χ1) is 8.47. The fourth-order valence-electron chi connectivity index (χ4n) is 1.62.